The number of benzene rings is 2. The molecular weight excluding hydrogens is 378 g/mol. The molecule has 1 heterocycles. The second-order valence-corrected chi connectivity index (χ2v) is 5.99. The number of amides is 1. The summed E-state index contributed by atoms with van der Waals surface area (Å²) < 4.78 is 55.8. The Morgan fingerprint density at radius 1 is 1.11 bits per heavy atom. The Balaban J connectivity index is 1.48. The van der Waals surface area contributed by atoms with Crippen molar-refractivity contribution in [1.82, 2.24) is 15.5 Å². The number of aromatic nitrogens is 2. The molecule has 1 amide bonds. The molecule has 0 unspecified atom stereocenters. The molecule has 0 aliphatic heterocycles. The molecule has 0 aliphatic carbocycles. The van der Waals surface area contributed by atoms with Gasteiger partial charge in [-0.1, -0.05) is 29.4 Å². The first-order chi connectivity index (χ1) is 13.3. The first-order valence-electron chi connectivity index (χ1n) is 8.32. The highest BCUT2D eigenvalue weighted by Gasteiger charge is 2.29. The lowest BCUT2D eigenvalue weighted by atomic mass is 10.1. The van der Waals surface area contributed by atoms with Crippen molar-refractivity contribution in [3.63, 3.8) is 0 Å². The highest BCUT2D eigenvalue weighted by Crippen LogP contribution is 2.29. The molecule has 0 fully saturated rings. The third kappa shape index (κ3) is 5.15. The SMILES string of the molecule is O=C(CCc1nc(-c2cccc(F)c2)no1)NCc1ccc(C(F)(F)F)cc1. The molecule has 0 saturated carbocycles. The van der Waals surface area contributed by atoms with E-state index in [1.165, 1.54) is 30.3 Å². The van der Waals surface area contributed by atoms with Crippen molar-refractivity contribution >= 4 is 5.91 Å². The standard InChI is InChI=1S/C19H15F4N3O2/c20-15-3-1-2-13(10-15)18-25-17(28-26-18)9-8-16(27)24-11-12-4-6-14(7-5-12)19(21,22)23/h1-7,10H,8-9,11H2,(H,24,27). The Morgan fingerprint density at radius 2 is 1.86 bits per heavy atom. The van der Waals surface area contributed by atoms with E-state index in [1.54, 1.807) is 6.07 Å². The van der Waals surface area contributed by atoms with Crippen molar-refractivity contribution < 1.29 is 26.9 Å². The lowest BCUT2D eigenvalue weighted by Crippen LogP contribution is -2.23. The van der Waals surface area contributed by atoms with E-state index in [0.717, 1.165) is 12.1 Å². The Hall–Kier alpha value is -3.23. The van der Waals surface area contributed by atoms with E-state index in [0.29, 0.717) is 11.1 Å². The quantitative estimate of drug-likeness (QED) is 0.639. The third-order valence-electron chi connectivity index (χ3n) is 3.89. The molecule has 1 aromatic heterocycles. The fourth-order valence-corrected chi connectivity index (χ4v) is 2.42. The van der Waals surface area contributed by atoms with E-state index in [4.69, 9.17) is 4.52 Å². The second-order valence-electron chi connectivity index (χ2n) is 5.99. The summed E-state index contributed by atoms with van der Waals surface area (Å²) in [6, 6.07) is 10.3. The van der Waals surface area contributed by atoms with Gasteiger partial charge >= 0.3 is 6.18 Å². The van der Waals surface area contributed by atoms with Crippen molar-refractivity contribution in [3.8, 4) is 11.4 Å². The number of aryl methyl sites for hydroxylation is 1. The number of rotatable bonds is 6. The molecule has 0 aliphatic rings. The molecule has 9 heteroatoms. The summed E-state index contributed by atoms with van der Waals surface area (Å²) >= 11 is 0. The van der Waals surface area contributed by atoms with Gasteiger partial charge in [0.2, 0.25) is 17.6 Å². The highest BCUT2D eigenvalue weighted by molar-refractivity contribution is 5.76. The van der Waals surface area contributed by atoms with Gasteiger partial charge in [0, 0.05) is 24.9 Å². The molecule has 3 rings (SSSR count). The Bertz CT molecular complexity index is 952. The van der Waals surface area contributed by atoms with Crippen LogP contribution in [0, 0.1) is 5.82 Å². The van der Waals surface area contributed by atoms with E-state index in [2.05, 4.69) is 15.5 Å². The Kier molecular flexibility index (Phi) is 5.72. The van der Waals surface area contributed by atoms with E-state index >= 15 is 0 Å². The summed E-state index contributed by atoms with van der Waals surface area (Å²) in [6.45, 7) is 0.106. The average Bonchev–Trinajstić information content (AvgIpc) is 3.13. The number of alkyl halides is 3. The van der Waals surface area contributed by atoms with Crippen LogP contribution in [0.15, 0.2) is 53.1 Å². The summed E-state index contributed by atoms with van der Waals surface area (Å²) in [4.78, 5) is 16.0. The summed E-state index contributed by atoms with van der Waals surface area (Å²) in [5, 5.41) is 6.36. The Morgan fingerprint density at radius 3 is 2.54 bits per heavy atom. The maximum Gasteiger partial charge on any atom is 0.416 e. The molecule has 28 heavy (non-hydrogen) atoms. The van der Waals surface area contributed by atoms with Crippen LogP contribution < -0.4 is 5.32 Å². The van der Waals surface area contributed by atoms with Crippen LogP contribution in [0.3, 0.4) is 0 Å². The van der Waals surface area contributed by atoms with Gasteiger partial charge < -0.3 is 9.84 Å². The van der Waals surface area contributed by atoms with Crippen molar-refractivity contribution in [2.75, 3.05) is 0 Å². The minimum atomic E-state index is -4.39. The van der Waals surface area contributed by atoms with Gasteiger partial charge in [0.25, 0.3) is 0 Å². The minimum absolute atomic E-state index is 0.0609. The summed E-state index contributed by atoms with van der Waals surface area (Å²) in [5.74, 6) is -0.291. The summed E-state index contributed by atoms with van der Waals surface area (Å²) in [6.07, 6.45) is -4.15. The zero-order valence-corrected chi connectivity index (χ0v) is 14.5. The first kappa shape index (κ1) is 19.5. The van der Waals surface area contributed by atoms with Crippen LogP contribution in [0.2, 0.25) is 0 Å². The summed E-state index contributed by atoms with van der Waals surface area (Å²) in [7, 11) is 0. The van der Waals surface area contributed by atoms with Gasteiger partial charge in [-0.15, -0.1) is 0 Å². The van der Waals surface area contributed by atoms with Crippen molar-refractivity contribution in [2.45, 2.75) is 25.6 Å². The molecule has 146 valence electrons. The number of carbonyl (C=O) groups is 1. The number of hydrogen-bond donors (Lipinski definition) is 1. The van der Waals surface area contributed by atoms with Crippen LogP contribution in [0.25, 0.3) is 11.4 Å². The molecule has 0 bridgehead atoms. The second kappa shape index (κ2) is 8.20. The van der Waals surface area contributed by atoms with Crippen molar-refractivity contribution in [1.29, 1.82) is 0 Å². The summed E-state index contributed by atoms with van der Waals surface area (Å²) in [5.41, 5.74) is 0.266. The Labute approximate surface area is 157 Å². The zero-order chi connectivity index (χ0) is 20.1. The number of halogens is 4. The maximum atomic E-state index is 13.2. The largest absolute Gasteiger partial charge is 0.416 e. The maximum absolute atomic E-state index is 13.2. The lowest BCUT2D eigenvalue weighted by Gasteiger charge is -2.08. The molecule has 0 atom stereocenters. The number of nitrogens with one attached hydrogen (secondary N) is 1. The predicted molar refractivity (Wildman–Crippen MR) is 91.3 cm³/mol. The minimum Gasteiger partial charge on any atom is -0.352 e. The van der Waals surface area contributed by atoms with E-state index in [-0.39, 0.29) is 37.0 Å². The fourth-order valence-electron chi connectivity index (χ4n) is 2.42. The molecule has 0 radical (unpaired) electrons. The lowest BCUT2D eigenvalue weighted by molar-refractivity contribution is -0.137. The van der Waals surface area contributed by atoms with Crippen LogP contribution in [0.1, 0.15) is 23.4 Å². The topological polar surface area (TPSA) is 68.0 Å². The van der Waals surface area contributed by atoms with Crippen molar-refractivity contribution in [2.24, 2.45) is 0 Å². The third-order valence-corrected chi connectivity index (χ3v) is 3.89. The molecular formula is C19H15F4N3O2. The van der Waals surface area contributed by atoms with Gasteiger partial charge in [0.1, 0.15) is 5.82 Å². The van der Waals surface area contributed by atoms with Crippen LogP contribution >= 0.6 is 0 Å². The molecule has 3 aromatic rings. The van der Waals surface area contributed by atoms with Gasteiger partial charge in [-0.05, 0) is 29.8 Å². The normalized spacial score (nSPS) is 11.4. The monoisotopic (exact) mass is 393 g/mol. The molecule has 1 N–H and O–H groups in total. The van der Waals surface area contributed by atoms with E-state index < -0.39 is 17.6 Å². The van der Waals surface area contributed by atoms with Crippen LogP contribution in [0.4, 0.5) is 17.6 Å². The molecule has 0 saturated heterocycles. The molecule has 2 aromatic carbocycles. The van der Waals surface area contributed by atoms with Gasteiger partial charge in [0.15, 0.2) is 0 Å². The van der Waals surface area contributed by atoms with E-state index in [9.17, 15) is 22.4 Å². The number of hydrogen-bond acceptors (Lipinski definition) is 4. The smallest absolute Gasteiger partial charge is 0.352 e. The zero-order valence-electron chi connectivity index (χ0n) is 14.5. The fraction of sp³-hybridized carbons (Fsp3) is 0.211. The van der Waals surface area contributed by atoms with Crippen molar-refractivity contribution in [3.05, 3.63) is 71.4 Å². The van der Waals surface area contributed by atoms with Crippen LogP contribution in [-0.4, -0.2) is 16.0 Å². The predicted octanol–water partition coefficient (Wildman–Crippen LogP) is 4.14. The number of carbonyl (C=O) groups excluding carboxylic acids is 1. The van der Waals surface area contributed by atoms with Gasteiger partial charge in [-0.3, -0.25) is 4.79 Å². The van der Waals surface area contributed by atoms with Gasteiger partial charge in [-0.25, -0.2) is 4.39 Å². The average molecular weight is 393 g/mol. The first-order valence-corrected chi connectivity index (χ1v) is 8.32. The van der Waals surface area contributed by atoms with Gasteiger partial charge in [0.05, 0.1) is 5.56 Å². The van der Waals surface area contributed by atoms with E-state index in [1.807, 2.05) is 0 Å². The molecule has 0 spiro atoms. The number of nitrogens with zero attached hydrogens (tertiary/aromatic N) is 2. The highest BCUT2D eigenvalue weighted by atomic mass is 19.4. The molecule has 5 nitrogen and oxygen atoms in total. The van der Waals surface area contributed by atoms with Gasteiger partial charge in [-0.2, -0.15) is 18.2 Å². The van der Waals surface area contributed by atoms with Crippen LogP contribution in [0.5, 0.6) is 0 Å². The van der Waals surface area contributed by atoms with Crippen LogP contribution in [-0.2, 0) is 23.9 Å².